The molecule has 2 aliphatic rings. The Morgan fingerprint density at radius 3 is 2.48 bits per heavy atom. The molecule has 2 fully saturated rings. The molecule has 1 aromatic carbocycles. The van der Waals surface area contributed by atoms with Gasteiger partial charge in [0.05, 0.1) is 17.2 Å². The van der Waals surface area contributed by atoms with Crippen LogP contribution in [0.4, 0.5) is 10.5 Å². The summed E-state index contributed by atoms with van der Waals surface area (Å²) in [5.41, 5.74) is 1.83. The summed E-state index contributed by atoms with van der Waals surface area (Å²) in [6.45, 7) is 5.99. The zero-order chi connectivity index (χ0) is 19.6. The van der Waals surface area contributed by atoms with Crippen molar-refractivity contribution in [3.05, 3.63) is 29.3 Å². The third kappa shape index (κ3) is 4.23. The summed E-state index contributed by atoms with van der Waals surface area (Å²) in [5.74, 6) is -1.37. The molecule has 7 nitrogen and oxygen atoms in total. The Morgan fingerprint density at radius 1 is 1.11 bits per heavy atom. The molecule has 2 heterocycles. The second-order valence-electron chi connectivity index (χ2n) is 7.71. The van der Waals surface area contributed by atoms with Gasteiger partial charge in [0.15, 0.2) is 0 Å². The Hall–Kier alpha value is -2.57. The third-order valence-electron chi connectivity index (χ3n) is 5.42. The third-order valence-corrected chi connectivity index (χ3v) is 5.42. The number of carbonyl (C=O) groups excluding carboxylic acids is 2. The van der Waals surface area contributed by atoms with E-state index in [1.54, 1.807) is 11.0 Å². The lowest BCUT2D eigenvalue weighted by molar-refractivity contribution is -0.143. The number of anilines is 1. The highest BCUT2D eigenvalue weighted by atomic mass is 16.4. The van der Waals surface area contributed by atoms with E-state index in [1.165, 1.54) is 0 Å². The molecule has 0 bridgehead atoms. The van der Waals surface area contributed by atoms with Crippen LogP contribution in [-0.2, 0) is 4.79 Å². The van der Waals surface area contributed by atoms with Gasteiger partial charge >= 0.3 is 12.0 Å². The summed E-state index contributed by atoms with van der Waals surface area (Å²) in [6.07, 6.45) is 2.57. The highest BCUT2D eigenvalue weighted by Crippen LogP contribution is 2.26. The monoisotopic (exact) mass is 373 g/mol. The molecule has 2 unspecified atom stereocenters. The number of likely N-dealkylation sites (tertiary alicyclic amines) is 2. The standard InChI is InChI=1S/C20H27N3O4/c1-13-10-15(19(25)26)12-23(11-13)20(27)21-16-7-5-6-14(2)17(16)18(24)22-8-3-4-9-22/h5-7,13,15H,3-4,8-12H2,1-2H3,(H,21,27)(H,25,26). The van der Waals surface area contributed by atoms with Crippen molar-refractivity contribution in [3.63, 3.8) is 0 Å². The number of hydrogen-bond donors (Lipinski definition) is 2. The second kappa shape index (κ2) is 7.98. The van der Waals surface area contributed by atoms with Gasteiger partial charge in [0.2, 0.25) is 0 Å². The number of rotatable bonds is 3. The minimum Gasteiger partial charge on any atom is -0.481 e. The van der Waals surface area contributed by atoms with Crippen LogP contribution in [0.15, 0.2) is 18.2 Å². The first-order chi connectivity index (χ1) is 12.9. The van der Waals surface area contributed by atoms with Crippen LogP contribution in [0.5, 0.6) is 0 Å². The number of nitrogens with zero attached hydrogens (tertiary/aromatic N) is 2. The van der Waals surface area contributed by atoms with Crippen molar-refractivity contribution >= 4 is 23.6 Å². The summed E-state index contributed by atoms with van der Waals surface area (Å²) >= 11 is 0. The lowest BCUT2D eigenvalue weighted by Crippen LogP contribution is -2.47. The molecule has 7 heteroatoms. The number of aliphatic carboxylic acids is 1. The summed E-state index contributed by atoms with van der Waals surface area (Å²) in [5, 5.41) is 12.2. The summed E-state index contributed by atoms with van der Waals surface area (Å²) < 4.78 is 0. The first-order valence-corrected chi connectivity index (χ1v) is 9.54. The van der Waals surface area contributed by atoms with Gasteiger partial charge in [-0.15, -0.1) is 0 Å². The Morgan fingerprint density at radius 2 is 1.81 bits per heavy atom. The van der Waals surface area contributed by atoms with Gasteiger partial charge in [-0.05, 0) is 43.7 Å². The summed E-state index contributed by atoms with van der Waals surface area (Å²) in [4.78, 5) is 40.4. The van der Waals surface area contributed by atoms with Gasteiger partial charge in [0.1, 0.15) is 0 Å². The zero-order valence-corrected chi connectivity index (χ0v) is 15.9. The van der Waals surface area contributed by atoms with E-state index in [1.807, 2.05) is 30.9 Å². The van der Waals surface area contributed by atoms with E-state index in [9.17, 15) is 19.5 Å². The largest absolute Gasteiger partial charge is 0.481 e. The molecule has 0 spiro atoms. The molecule has 2 aliphatic heterocycles. The van der Waals surface area contributed by atoms with Crippen LogP contribution < -0.4 is 5.32 Å². The average molecular weight is 373 g/mol. The van der Waals surface area contributed by atoms with Crippen LogP contribution in [0.2, 0.25) is 0 Å². The molecular formula is C20H27N3O4. The van der Waals surface area contributed by atoms with E-state index in [4.69, 9.17) is 0 Å². The molecule has 0 aromatic heterocycles. The van der Waals surface area contributed by atoms with Gasteiger partial charge in [-0.3, -0.25) is 9.59 Å². The molecule has 0 radical (unpaired) electrons. The van der Waals surface area contributed by atoms with Crippen LogP contribution in [0.25, 0.3) is 0 Å². The SMILES string of the molecule is Cc1cccc(NC(=O)N2CC(C)CC(C(=O)O)C2)c1C(=O)N1CCCC1. The number of urea groups is 1. The van der Waals surface area contributed by atoms with Gasteiger partial charge in [-0.25, -0.2) is 4.79 Å². The topological polar surface area (TPSA) is 90.0 Å². The summed E-state index contributed by atoms with van der Waals surface area (Å²) in [7, 11) is 0. The maximum Gasteiger partial charge on any atom is 0.321 e. The van der Waals surface area contributed by atoms with Crippen molar-refractivity contribution in [2.45, 2.75) is 33.1 Å². The molecule has 0 saturated carbocycles. The average Bonchev–Trinajstić information content (AvgIpc) is 3.15. The van der Waals surface area contributed by atoms with Gasteiger partial charge < -0.3 is 20.2 Å². The number of carboxylic acids is 1. The number of carbonyl (C=O) groups is 3. The number of nitrogens with one attached hydrogen (secondary N) is 1. The van der Waals surface area contributed by atoms with E-state index < -0.39 is 11.9 Å². The molecule has 2 saturated heterocycles. The number of piperidine rings is 1. The quantitative estimate of drug-likeness (QED) is 0.852. The number of hydrogen-bond acceptors (Lipinski definition) is 3. The van der Waals surface area contributed by atoms with Crippen molar-refractivity contribution in [2.24, 2.45) is 11.8 Å². The van der Waals surface area contributed by atoms with Gasteiger partial charge in [0.25, 0.3) is 5.91 Å². The first kappa shape index (κ1) is 19.2. The van der Waals surface area contributed by atoms with Crippen molar-refractivity contribution < 1.29 is 19.5 Å². The van der Waals surface area contributed by atoms with E-state index in [0.29, 0.717) is 24.2 Å². The van der Waals surface area contributed by atoms with Crippen LogP contribution >= 0.6 is 0 Å². The van der Waals surface area contributed by atoms with Crippen LogP contribution in [-0.4, -0.2) is 59.0 Å². The zero-order valence-electron chi connectivity index (χ0n) is 15.9. The fraction of sp³-hybridized carbons (Fsp3) is 0.550. The predicted octanol–water partition coefficient (Wildman–Crippen LogP) is 2.81. The fourth-order valence-electron chi connectivity index (χ4n) is 4.02. The van der Waals surface area contributed by atoms with Crippen LogP contribution in [0.1, 0.15) is 42.1 Å². The maximum absolute atomic E-state index is 12.9. The number of carboxylic acid groups (broad SMARTS) is 1. The van der Waals surface area contributed by atoms with E-state index in [0.717, 1.165) is 31.5 Å². The van der Waals surface area contributed by atoms with Crippen molar-refractivity contribution in [3.8, 4) is 0 Å². The Kier molecular flexibility index (Phi) is 5.68. The Balaban J connectivity index is 1.79. The van der Waals surface area contributed by atoms with Gasteiger partial charge in [-0.1, -0.05) is 19.1 Å². The number of benzene rings is 1. The van der Waals surface area contributed by atoms with E-state index >= 15 is 0 Å². The molecule has 146 valence electrons. The van der Waals surface area contributed by atoms with Crippen LogP contribution in [0, 0.1) is 18.8 Å². The first-order valence-electron chi connectivity index (χ1n) is 9.54. The normalized spacial score (nSPS) is 22.6. The van der Waals surface area contributed by atoms with Crippen LogP contribution in [0.3, 0.4) is 0 Å². The molecule has 3 amide bonds. The summed E-state index contributed by atoms with van der Waals surface area (Å²) in [6, 6.07) is 5.05. The number of aryl methyl sites for hydroxylation is 1. The molecular weight excluding hydrogens is 346 g/mol. The van der Waals surface area contributed by atoms with E-state index in [-0.39, 0.29) is 24.4 Å². The van der Waals surface area contributed by atoms with Crippen molar-refractivity contribution in [2.75, 3.05) is 31.5 Å². The smallest absolute Gasteiger partial charge is 0.321 e. The molecule has 1 aromatic rings. The molecule has 27 heavy (non-hydrogen) atoms. The minimum atomic E-state index is -0.875. The maximum atomic E-state index is 12.9. The highest BCUT2D eigenvalue weighted by molar-refractivity contribution is 6.04. The lowest BCUT2D eigenvalue weighted by atomic mass is 9.91. The minimum absolute atomic E-state index is 0.0590. The molecule has 2 N–H and O–H groups in total. The molecule has 0 aliphatic carbocycles. The van der Waals surface area contributed by atoms with Gasteiger partial charge in [0, 0.05) is 26.2 Å². The molecule has 2 atom stereocenters. The number of amides is 3. The highest BCUT2D eigenvalue weighted by Gasteiger charge is 2.32. The van der Waals surface area contributed by atoms with Crippen molar-refractivity contribution in [1.82, 2.24) is 9.80 Å². The molecule has 3 rings (SSSR count). The van der Waals surface area contributed by atoms with Gasteiger partial charge in [-0.2, -0.15) is 0 Å². The Bertz CT molecular complexity index is 743. The lowest BCUT2D eigenvalue weighted by Gasteiger charge is -2.34. The fourth-order valence-corrected chi connectivity index (χ4v) is 4.02. The Labute approximate surface area is 159 Å². The second-order valence-corrected chi connectivity index (χ2v) is 7.71. The van der Waals surface area contributed by atoms with Crippen molar-refractivity contribution in [1.29, 1.82) is 0 Å². The van der Waals surface area contributed by atoms with E-state index in [2.05, 4.69) is 5.32 Å². The predicted molar refractivity (Wildman–Crippen MR) is 102 cm³/mol.